The molecule has 19 heavy (non-hydrogen) atoms. The number of ether oxygens (including phenoxy) is 2. The number of ketones is 1. The van der Waals surface area contributed by atoms with Gasteiger partial charge in [-0.2, -0.15) is 0 Å². The average Bonchev–Trinajstić information content (AvgIpc) is 2.46. The molecule has 1 aliphatic rings. The third kappa shape index (κ3) is 2.89. The van der Waals surface area contributed by atoms with E-state index < -0.39 is 5.60 Å². The minimum Gasteiger partial charge on any atom is -0.497 e. The van der Waals surface area contributed by atoms with E-state index in [1.165, 1.54) is 0 Å². The van der Waals surface area contributed by atoms with Gasteiger partial charge < -0.3 is 14.6 Å². The largest absolute Gasteiger partial charge is 0.497 e. The van der Waals surface area contributed by atoms with Crippen molar-refractivity contribution in [2.75, 3.05) is 14.2 Å². The average molecular weight is 264 g/mol. The van der Waals surface area contributed by atoms with E-state index in [-0.39, 0.29) is 5.78 Å². The van der Waals surface area contributed by atoms with Gasteiger partial charge in [0.1, 0.15) is 17.1 Å². The van der Waals surface area contributed by atoms with Gasteiger partial charge in [-0.1, -0.05) is 19.3 Å². The van der Waals surface area contributed by atoms with Gasteiger partial charge in [-0.25, -0.2) is 0 Å². The van der Waals surface area contributed by atoms with Gasteiger partial charge in [0.05, 0.1) is 14.2 Å². The second-order valence-electron chi connectivity index (χ2n) is 5.02. The minimum absolute atomic E-state index is 0.232. The molecule has 0 atom stereocenters. The molecule has 2 rings (SSSR count). The van der Waals surface area contributed by atoms with Gasteiger partial charge in [0.15, 0.2) is 5.78 Å². The molecule has 1 fully saturated rings. The second-order valence-corrected chi connectivity index (χ2v) is 5.02. The van der Waals surface area contributed by atoms with E-state index in [0.717, 1.165) is 19.3 Å². The van der Waals surface area contributed by atoms with Crippen LogP contribution in [-0.2, 0) is 0 Å². The summed E-state index contributed by atoms with van der Waals surface area (Å²) in [7, 11) is 3.08. The lowest BCUT2D eigenvalue weighted by Crippen LogP contribution is -2.40. The van der Waals surface area contributed by atoms with Crippen molar-refractivity contribution in [3.63, 3.8) is 0 Å². The highest BCUT2D eigenvalue weighted by Crippen LogP contribution is 2.33. The van der Waals surface area contributed by atoms with Crippen LogP contribution in [0.25, 0.3) is 0 Å². The fourth-order valence-corrected chi connectivity index (χ4v) is 2.57. The zero-order chi connectivity index (χ0) is 13.9. The summed E-state index contributed by atoms with van der Waals surface area (Å²) in [5.41, 5.74) is -0.782. The Morgan fingerprint density at radius 1 is 1.05 bits per heavy atom. The first-order chi connectivity index (χ1) is 9.09. The van der Waals surface area contributed by atoms with E-state index in [2.05, 4.69) is 0 Å². The van der Waals surface area contributed by atoms with Crippen LogP contribution in [0.15, 0.2) is 18.2 Å². The molecule has 104 valence electrons. The van der Waals surface area contributed by atoms with E-state index >= 15 is 0 Å². The van der Waals surface area contributed by atoms with Crippen molar-refractivity contribution in [2.24, 2.45) is 0 Å². The second kappa shape index (κ2) is 5.61. The number of aliphatic hydroxyl groups is 1. The molecular formula is C15H20O4. The number of rotatable bonds is 4. The Morgan fingerprint density at radius 2 is 1.58 bits per heavy atom. The molecule has 0 aliphatic heterocycles. The SMILES string of the molecule is COc1cc(OC)cc(C(=O)C2(O)CCCCC2)c1. The maximum Gasteiger partial charge on any atom is 0.194 e. The van der Waals surface area contributed by atoms with Crippen LogP contribution in [0.3, 0.4) is 0 Å². The Labute approximate surface area is 113 Å². The number of hydrogen-bond donors (Lipinski definition) is 1. The lowest BCUT2D eigenvalue weighted by atomic mass is 9.79. The van der Waals surface area contributed by atoms with Crippen molar-refractivity contribution < 1.29 is 19.4 Å². The number of carbonyl (C=O) groups is 1. The minimum atomic E-state index is -1.23. The van der Waals surface area contributed by atoms with Crippen LogP contribution in [0, 0.1) is 0 Å². The third-order valence-electron chi connectivity index (χ3n) is 3.72. The molecular weight excluding hydrogens is 244 g/mol. The summed E-state index contributed by atoms with van der Waals surface area (Å²) in [6.45, 7) is 0. The van der Waals surface area contributed by atoms with Crippen molar-refractivity contribution in [3.05, 3.63) is 23.8 Å². The first-order valence-corrected chi connectivity index (χ1v) is 6.59. The van der Waals surface area contributed by atoms with E-state index in [0.29, 0.717) is 29.9 Å². The fourth-order valence-electron chi connectivity index (χ4n) is 2.57. The van der Waals surface area contributed by atoms with Crippen LogP contribution in [-0.4, -0.2) is 30.7 Å². The zero-order valence-corrected chi connectivity index (χ0v) is 11.4. The number of methoxy groups -OCH3 is 2. The summed E-state index contributed by atoms with van der Waals surface area (Å²) in [4.78, 5) is 12.5. The Morgan fingerprint density at radius 3 is 2.05 bits per heavy atom. The fraction of sp³-hybridized carbons (Fsp3) is 0.533. The summed E-state index contributed by atoms with van der Waals surface area (Å²) >= 11 is 0. The predicted octanol–water partition coefficient (Wildman–Crippen LogP) is 2.58. The smallest absolute Gasteiger partial charge is 0.194 e. The van der Waals surface area contributed by atoms with Crippen LogP contribution in [0.2, 0.25) is 0 Å². The van der Waals surface area contributed by atoms with Gasteiger partial charge in [-0.05, 0) is 25.0 Å². The van der Waals surface area contributed by atoms with Crippen LogP contribution in [0.4, 0.5) is 0 Å². The summed E-state index contributed by atoms with van der Waals surface area (Å²) in [5, 5.41) is 10.5. The van der Waals surface area contributed by atoms with Gasteiger partial charge >= 0.3 is 0 Å². The molecule has 0 saturated heterocycles. The van der Waals surface area contributed by atoms with Crippen molar-refractivity contribution in [1.82, 2.24) is 0 Å². The summed E-state index contributed by atoms with van der Waals surface area (Å²) in [5.74, 6) is 0.883. The molecule has 0 amide bonds. The van der Waals surface area contributed by atoms with Crippen molar-refractivity contribution in [3.8, 4) is 11.5 Å². The highest BCUT2D eigenvalue weighted by Gasteiger charge is 2.37. The Bertz CT molecular complexity index is 439. The molecule has 4 nitrogen and oxygen atoms in total. The molecule has 0 unspecified atom stereocenters. The number of benzene rings is 1. The molecule has 1 aromatic carbocycles. The molecule has 0 aromatic heterocycles. The highest BCUT2D eigenvalue weighted by molar-refractivity contribution is 6.03. The monoisotopic (exact) mass is 264 g/mol. The molecule has 1 saturated carbocycles. The quantitative estimate of drug-likeness (QED) is 0.849. The van der Waals surface area contributed by atoms with E-state index in [9.17, 15) is 9.90 Å². The number of hydrogen-bond acceptors (Lipinski definition) is 4. The first-order valence-electron chi connectivity index (χ1n) is 6.59. The lowest BCUT2D eigenvalue weighted by Gasteiger charge is -2.30. The molecule has 0 heterocycles. The summed E-state index contributed by atoms with van der Waals surface area (Å²) in [6.07, 6.45) is 3.93. The van der Waals surface area contributed by atoms with Crippen molar-refractivity contribution in [2.45, 2.75) is 37.7 Å². The Kier molecular flexibility index (Phi) is 4.10. The van der Waals surface area contributed by atoms with E-state index in [1.54, 1.807) is 32.4 Å². The number of carbonyl (C=O) groups excluding carboxylic acids is 1. The maximum absolute atomic E-state index is 12.5. The molecule has 0 bridgehead atoms. The van der Waals surface area contributed by atoms with E-state index in [4.69, 9.17) is 9.47 Å². The topological polar surface area (TPSA) is 55.8 Å². The summed E-state index contributed by atoms with van der Waals surface area (Å²) in [6, 6.07) is 5.01. The van der Waals surface area contributed by atoms with Gasteiger partial charge in [0.25, 0.3) is 0 Å². The molecule has 0 radical (unpaired) electrons. The van der Waals surface area contributed by atoms with Gasteiger partial charge in [0.2, 0.25) is 0 Å². The molecule has 0 spiro atoms. The normalized spacial score (nSPS) is 17.8. The molecule has 1 aliphatic carbocycles. The van der Waals surface area contributed by atoms with Crippen LogP contribution < -0.4 is 9.47 Å². The van der Waals surface area contributed by atoms with Crippen LogP contribution >= 0.6 is 0 Å². The van der Waals surface area contributed by atoms with Crippen LogP contribution in [0.5, 0.6) is 11.5 Å². The zero-order valence-electron chi connectivity index (χ0n) is 11.4. The summed E-state index contributed by atoms with van der Waals surface area (Å²) < 4.78 is 10.3. The van der Waals surface area contributed by atoms with Gasteiger partial charge in [0, 0.05) is 11.6 Å². The molecule has 4 heteroatoms. The highest BCUT2D eigenvalue weighted by atomic mass is 16.5. The predicted molar refractivity (Wildman–Crippen MR) is 71.9 cm³/mol. The van der Waals surface area contributed by atoms with Crippen LogP contribution in [0.1, 0.15) is 42.5 Å². The van der Waals surface area contributed by atoms with Gasteiger partial charge in [-0.3, -0.25) is 4.79 Å². The van der Waals surface area contributed by atoms with Crippen molar-refractivity contribution >= 4 is 5.78 Å². The molecule has 1 N–H and O–H groups in total. The first kappa shape index (κ1) is 13.9. The van der Waals surface area contributed by atoms with Gasteiger partial charge in [-0.15, -0.1) is 0 Å². The molecule has 1 aromatic rings. The van der Waals surface area contributed by atoms with Crippen molar-refractivity contribution in [1.29, 1.82) is 0 Å². The maximum atomic E-state index is 12.5. The number of Topliss-reactive ketones (excluding diaryl/α,β-unsaturated/α-hetero) is 1. The Hall–Kier alpha value is -1.55. The lowest BCUT2D eigenvalue weighted by molar-refractivity contribution is 0.0116. The third-order valence-corrected chi connectivity index (χ3v) is 3.72. The van der Waals surface area contributed by atoms with E-state index in [1.807, 2.05) is 0 Å². The Balaban J connectivity index is 2.32. The standard InChI is InChI=1S/C15H20O4/c1-18-12-8-11(9-13(10-12)19-2)14(16)15(17)6-4-3-5-7-15/h8-10,17H,3-7H2,1-2H3.